The predicted molar refractivity (Wildman–Crippen MR) is 166 cm³/mol. The van der Waals surface area contributed by atoms with Crippen molar-refractivity contribution in [2.45, 2.75) is 91.0 Å². The third-order valence-electron chi connectivity index (χ3n) is 6.86. The van der Waals surface area contributed by atoms with E-state index in [1.54, 1.807) is 52.0 Å². The average molecular weight is 592 g/mol. The maximum absolute atomic E-state index is 14.6. The minimum Gasteiger partial charge on any atom is -0.466 e. The van der Waals surface area contributed by atoms with Gasteiger partial charge in [-0.3, -0.25) is 14.4 Å². The van der Waals surface area contributed by atoms with Crippen LogP contribution in [0, 0.1) is 12.3 Å². The van der Waals surface area contributed by atoms with Crippen molar-refractivity contribution >= 4 is 23.9 Å². The lowest BCUT2D eigenvalue weighted by Gasteiger charge is -2.44. The summed E-state index contributed by atoms with van der Waals surface area (Å²) in [6.07, 6.45) is 5.47. The summed E-state index contributed by atoms with van der Waals surface area (Å²) in [6, 6.07) is 14.0. The van der Waals surface area contributed by atoms with E-state index in [2.05, 4.69) is 16.6 Å². The highest BCUT2D eigenvalue weighted by Crippen LogP contribution is 2.33. The number of rotatable bonds is 13. The molecular weight excluding hydrogens is 546 g/mol. The van der Waals surface area contributed by atoms with Crippen LogP contribution in [0.4, 0.5) is 4.79 Å². The van der Waals surface area contributed by atoms with Gasteiger partial charge in [-0.1, -0.05) is 55.3 Å². The first-order chi connectivity index (χ1) is 20.2. The van der Waals surface area contributed by atoms with Gasteiger partial charge in [0.25, 0.3) is 0 Å². The SMILES string of the molecule is C#Cc1ccc(C(C(=O)NCCC(=O)OCC)N(C(=O)C(Cc2ccccc2)NC(=O)OC(C)(C)C)C(C)(C)CC)cc1. The molecule has 0 aromatic heterocycles. The number of hydrogen-bond acceptors (Lipinski definition) is 6. The van der Waals surface area contributed by atoms with E-state index in [-0.39, 0.29) is 26.0 Å². The number of alkyl carbamates (subject to hydrolysis) is 1. The molecule has 0 aliphatic carbocycles. The molecule has 0 aliphatic heterocycles. The molecular formula is C34H45N3O6. The maximum atomic E-state index is 14.6. The Balaban J connectivity index is 2.60. The molecule has 0 fully saturated rings. The van der Waals surface area contributed by atoms with Crippen LogP contribution in [-0.4, -0.2) is 59.1 Å². The second-order valence-corrected chi connectivity index (χ2v) is 11.8. The smallest absolute Gasteiger partial charge is 0.408 e. The normalized spacial score (nSPS) is 12.7. The number of amides is 3. The summed E-state index contributed by atoms with van der Waals surface area (Å²) in [5, 5.41) is 5.57. The van der Waals surface area contributed by atoms with Crippen LogP contribution in [0.1, 0.15) is 84.0 Å². The number of terminal acetylenes is 1. The van der Waals surface area contributed by atoms with E-state index in [1.165, 1.54) is 4.90 Å². The van der Waals surface area contributed by atoms with E-state index < -0.39 is 47.1 Å². The standard InChI is InChI=1S/C34H45N3O6/c1-9-24-17-19-26(20-18-24)29(30(39)35-22-21-28(38)42-11-3)37(34(7,8)10-2)31(40)27(23-25-15-13-12-14-16-25)36-32(41)43-33(4,5)6/h1,12-20,27,29H,10-11,21-23H2,2-8H3,(H,35,39)(H,36,41). The zero-order valence-electron chi connectivity index (χ0n) is 26.4. The topological polar surface area (TPSA) is 114 Å². The van der Waals surface area contributed by atoms with Crippen molar-refractivity contribution in [2.24, 2.45) is 0 Å². The van der Waals surface area contributed by atoms with Gasteiger partial charge in [0, 0.05) is 24.1 Å². The van der Waals surface area contributed by atoms with Crippen LogP contribution in [0.2, 0.25) is 0 Å². The number of nitrogens with one attached hydrogen (secondary N) is 2. The largest absolute Gasteiger partial charge is 0.466 e. The molecule has 0 saturated carbocycles. The van der Waals surface area contributed by atoms with Crippen molar-refractivity contribution in [3.05, 3.63) is 71.3 Å². The van der Waals surface area contributed by atoms with E-state index >= 15 is 0 Å². The molecule has 0 aliphatic rings. The lowest BCUT2D eigenvalue weighted by molar-refractivity contribution is -0.149. The summed E-state index contributed by atoms with van der Waals surface area (Å²) in [4.78, 5) is 55.0. The van der Waals surface area contributed by atoms with E-state index in [0.29, 0.717) is 17.5 Å². The van der Waals surface area contributed by atoms with Gasteiger partial charge in [0.2, 0.25) is 11.8 Å². The van der Waals surface area contributed by atoms with Gasteiger partial charge in [-0.15, -0.1) is 6.42 Å². The van der Waals surface area contributed by atoms with E-state index in [9.17, 15) is 19.2 Å². The number of carbonyl (C=O) groups excluding carboxylic acids is 4. The van der Waals surface area contributed by atoms with Crippen molar-refractivity contribution in [1.82, 2.24) is 15.5 Å². The van der Waals surface area contributed by atoms with Crippen LogP contribution < -0.4 is 10.6 Å². The molecule has 0 saturated heterocycles. The number of carbonyl (C=O) groups is 4. The molecule has 9 nitrogen and oxygen atoms in total. The van der Waals surface area contributed by atoms with Crippen molar-refractivity contribution in [3.63, 3.8) is 0 Å². The Hall–Kier alpha value is -4.32. The first kappa shape index (κ1) is 34.9. The van der Waals surface area contributed by atoms with Crippen molar-refractivity contribution in [1.29, 1.82) is 0 Å². The van der Waals surface area contributed by atoms with Gasteiger partial charge in [0.1, 0.15) is 17.7 Å². The molecule has 2 atom stereocenters. The van der Waals surface area contributed by atoms with Crippen molar-refractivity contribution in [2.75, 3.05) is 13.2 Å². The molecule has 3 amide bonds. The Morgan fingerprint density at radius 3 is 2.12 bits per heavy atom. The highest BCUT2D eigenvalue weighted by molar-refractivity contribution is 5.93. The van der Waals surface area contributed by atoms with Crippen LogP contribution in [0.3, 0.4) is 0 Å². The van der Waals surface area contributed by atoms with E-state index in [4.69, 9.17) is 15.9 Å². The molecule has 0 spiro atoms. The fourth-order valence-electron chi connectivity index (χ4n) is 4.41. The summed E-state index contributed by atoms with van der Waals surface area (Å²) in [7, 11) is 0. The minimum absolute atomic E-state index is 0.0226. The second-order valence-electron chi connectivity index (χ2n) is 11.8. The first-order valence-corrected chi connectivity index (χ1v) is 14.6. The molecule has 43 heavy (non-hydrogen) atoms. The van der Waals surface area contributed by atoms with Crippen LogP contribution >= 0.6 is 0 Å². The highest BCUT2D eigenvalue weighted by Gasteiger charge is 2.43. The minimum atomic E-state index is -1.10. The van der Waals surface area contributed by atoms with Gasteiger partial charge in [0.05, 0.1) is 13.0 Å². The Bertz CT molecular complexity index is 1280. The zero-order valence-corrected chi connectivity index (χ0v) is 26.4. The molecule has 2 rings (SSSR count). The number of esters is 1. The second kappa shape index (κ2) is 15.8. The Kier molecular flexibility index (Phi) is 12.8. The van der Waals surface area contributed by atoms with Gasteiger partial charge < -0.3 is 25.0 Å². The Morgan fingerprint density at radius 2 is 1.58 bits per heavy atom. The number of nitrogens with zero attached hydrogens (tertiary/aromatic N) is 1. The summed E-state index contributed by atoms with van der Waals surface area (Å²) < 4.78 is 10.5. The van der Waals surface area contributed by atoms with Gasteiger partial charge >= 0.3 is 12.1 Å². The van der Waals surface area contributed by atoms with Gasteiger partial charge in [-0.2, -0.15) is 0 Å². The lowest BCUT2D eigenvalue weighted by Crippen LogP contribution is -2.60. The van der Waals surface area contributed by atoms with Crippen LogP contribution in [-0.2, 0) is 30.3 Å². The van der Waals surface area contributed by atoms with Crippen molar-refractivity contribution < 1.29 is 28.7 Å². The number of benzene rings is 2. The third-order valence-corrected chi connectivity index (χ3v) is 6.86. The fraction of sp³-hybridized carbons (Fsp3) is 0.471. The molecule has 9 heteroatoms. The highest BCUT2D eigenvalue weighted by atomic mass is 16.6. The molecule has 232 valence electrons. The molecule has 0 bridgehead atoms. The summed E-state index contributed by atoms with van der Waals surface area (Å²) in [6.45, 7) is 12.8. The molecule has 2 unspecified atom stereocenters. The lowest BCUT2D eigenvalue weighted by atomic mass is 9.91. The zero-order chi connectivity index (χ0) is 32.2. The van der Waals surface area contributed by atoms with Gasteiger partial charge in [-0.25, -0.2) is 4.79 Å². The first-order valence-electron chi connectivity index (χ1n) is 14.6. The molecule has 2 aromatic carbocycles. The van der Waals surface area contributed by atoms with Crippen molar-refractivity contribution in [3.8, 4) is 12.3 Å². The van der Waals surface area contributed by atoms with Crippen LogP contribution in [0.25, 0.3) is 0 Å². The van der Waals surface area contributed by atoms with Crippen LogP contribution in [0.15, 0.2) is 54.6 Å². The number of hydrogen-bond donors (Lipinski definition) is 2. The van der Waals surface area contributed by atoms with Crippen LogP contribution in [0.5, 0.6) is 0 Å². The Labute approximate surface area is 255 Å². The van der Waals surface area contributed by atoms with E-state index in [0.717, 1.165) is 5.56 Å². The Morgan fingerprint density at radius 1 is 0.953 bits per heavy atom. The summed E-state index contributed by atoms with van der Waals surface area (Å²) in [5.74, 6) is 1.18. The summed E-state index contributed by atoms with van der Waals surface area (Å²) in [5.41, 5.74) is 0.340. The number of ether oxygens (including phenoxy) is 2. The van der Waals surface area contributed by atoms with Gasteiger partial charge in [0.15, 0.2) is 0 Å². The summed E-state index contributed by atoms with van der Waals surface area (Å²) >= 11 is 0. The van der Waals surface area contributed by atoms with Gasteiger partial charge in [-0.05, 0) is 71.2 Å². The molecule has 2 N–H and O–H groups in total. The molecule has 0 heterocycles. The fourth-order valence-corrected chi connectivity index (χ4v) is 4.41. The predicted octanol–water partition coefficient (Wildman–Crippen LogP) is 4.93. The average Bonchev–Trinajstić information content (AvgIpc) is 2.94. The monoisotopic (exact) mass is 591 g/mol. The third kappa shape index (κ3) is 10.8. The quantitative estimate of drug-likeness (QED) is 0.252. The maximum Gasteiger partial charge on any atom is 0.408 e. The van der Waals surface area contributed by atoms with E-state index in [1.807, 2.05) is 51.1 Å². The molecule has 0 radical (unpaired) electrons. The molecule has 2 aromatic rings.